The van der Waals surface area contributed by atoms with Gasteiger partial charge in [-0.25, -0.2) is 9.59 Å². The summed E-state index contributed by atoms with van der Waals surface area (Å²) in [4.78, 5) is 48.8. The standard InChI is InChI=1S/C25H30N2O7/c1-17(2)22(24(31)33-15-18-9-5-3-6-10-18)27-23(30)20(13-14-21(28)29)26-25(32)34-16-19-11-7-4-8-12-19/h3-12,17,20,22H,13-16H2,1-2H3,(H,26,32)(H,27,30)(H,28,29)/t20-,22+/m1/s1. The van der Waals surface area contributed by atoms with E-state index < -0.39 is 36.0 Å². The molecule has 34 heavy (non-hydrogen) atoms. The fraction of sp³-hybridized carbons (Fsp3) is 0.360. The fourth-order valence-corrected chi connectivity index (χ4v) is 3.01. The van der Waals surface area contributed by atoms with Gasteiger partial charge in [0.2, 0.25) is 5.91 Å². The van der Waals surface area contributed by atoms with Crippen molar-refractivity contribution in [2.45, 2.75) is 52.0 Å². The van der Waals surface area contributed by atoms with Crippen LogP contribution in [0.5, 0.6) is 0 Å². The second kappa shape index (κ2) is 13.6. The first-order valence-corrected chi connectivity index (χ1v) is 11.0. The van der Waals surface area contributed by atoms with Crippen LogP contribution in [0.1, 0.15) is 37.8 Å². The normalized spacial score (nSPS) is 12.3. The van der Waals surface area contributed by atoms with Crippen LogP contribution < -0.4 is 10.6 Å². The Kier molecular flexibility index (Phi) is 10.6. The molecule has 0 spiro atoms. The molecule has 0 aliphatic carbocycles. The molecule has 0 radical (unpaired) electrons. The number of benzene rings is 2. The predicted molar refractivity (Wildman–Crippen MR) is 123 cm³/mol. The zero-order valence-corrected chi connectivity index (χ0v) is 19.2. The van der Waals surface area contributed by atoms with Gasteiger partial charge in [-0.1, -0.05) is 74.5 Å². The molecule has 0 aliphatic heterocycles. The van der Waals surface area contributed by atoms with Crippen molar-refractivity contribution in [3.05, 3.63) is 71.8 Å². The molecule has 2 amide bonds. The molecule has 2 atom stereocenters. The molecule has 0 aromatic heterocycles. The number of esters is 1. The van der Waals surface area contributed by atoms with Gasteiger partial charge >= 0.3 is 18.0 Å². The second-order valence-electron chi connectivity index (χ2n) is 8.01. The first-order chi connectivity index (χ1) is 16.3. The van der Waals surface area contributed by atoms with E-state index in [0.29, 0.717) is 0 Å². The minimum absolute atomic E-state index is 0.0135. The van der Waals surface area contributed by atoms with Crippen LogP contribution in [0.2, 0.25) is 0 Å². The summed E-state index contributed by atoms with van der Waals surface area (Å²) in [6, 6.07) is 15.9. The summed E-state index contributed by atoms with van der Waals surface area (Å²) in [5.41, 5.74) is 1.55. The van der Waals surface area contributed by atoms with Crippen molar-refractivity contribution in [2.24, 2.45) is 5.92 Å². The zero-order valence-electron chi connectivity index (χ0n) is 19.2. The number of hydrogen-bond donors (Lipinski definition) is 3. The molecular formula is C25H30N2O7. The minimum Gasteiger partial charge on any atom is -0.481 e. The SMILES string of the molecule is CC(C)[C@H](NC(=O)[C@@H](CCC(=O)O)NC(=O)OCc1ccccc1)C(=O)OCc1ccccc1. The molecule has 0 fully saturated rings. The number of rotatable bonds is 12. The highest BCUT2D eigenvalue weighted by molar-refractivity contribution is 5.90. The number of hydrogen-bond acceptors (Lipinski definition) is 6. The van der Waals surface area contributed by atoms with E-state index in [1.807, 2.05) is 36.4 Å². The van der Waals surface area contributed by atoms with Crippen LogP contribution in [0.3, 0.4) is 0 Å². The Labute approximate surface area is 198 Å². The van der Waals surface area contributed by atoms with Crippen LogP contribution in [-0.2, 0) is 37.1 Å². The highest BCUT2D eigenvalue weighted by atomic mass is 16.5. The van der Waals surface area contributed by atoms with Crippen LogP contribution in [-0.4, -0.2) is 41.1 Å². The summed E-state index contributed by atoms with van der Waals surface area (Å²) < 4.78 is 10.5. The lowest BCUT2D eigenvalue weighted by Crippen LogP contribution is -2.53. The van der Waals surface area contributed by atoms with Gasteiger partial charge in [0.05, 0.1) is 0 Å². The maximum absolute atomic E-state index is 12.9. The third-order valence-corrected chi connectivity index (χ3v) is 4.91. The van der Waals surface area contributed by atoms with Crippen LogP contribution in [0.15, 0.2) is 60.7 Å². The Balaban J connectivity index is 1.98. The first-order valence-electron chi connectivity index (χ1n) is 11.0. The van der Waals surface area contributed by atoms with Gasteiger partial charge in [0.15, 0.2) is 0 Å². The number of carboxylic acids is 1. The third kappa shape index (κ3) is 9.32. The third-order valence-electron chi connectivity index (χ3n) is 4.91. The van der Waals surface area contributed by atoms with Crippen LogP contribution >= 0.6 is 0 Å². The Morgan fingerprint density at radius 3 is 1.85 bits per heavy atom. The average Bonchev–Trinajstić information content (AvgIpc) is 2.83. The largest absolute Gasteiger partial charge is 0.481 e. The second-order valence-corrected chi connectivity index (χ2v) is 8.01. The van der Waals surface area contributed by atoms with E-state index in [9.17, 15) is 19.2 Å². The monoisotopic (exact) mass is 470 g/mol. The number of ether oxygens (including phenoxy) is 2. The minimum atomic E-state index is -1.21. The first kappa shape index (κ1) is 26.4. The number of carbonyl (C=O) groups is 4. The van der Waals surface area contributed by atoms with E-state index >= 15 is 0 Å². The molecule has 0 saturated carbocycles. The lowest BCUT2D eigenvalue weighted by atomic mass is 10.0. The molecule has 0 saturated heterocycles. The Morgan fingerprint density at radius 2 is 1.35 bits per heavy atom. The fourth-order valence-electron chi connectivity index (χ4n) is 3.01. The van der Waals surface area contributed by atoms with Crippen LogP contribution in [0.4, 0.5) is 4.79 Å². The highest BCUT2D eigenvalue weighted by Gasteiger charge is 2.30. The number of nitrogens with one attached hydrogen (secondary N) is 2. The van der Waals surface area contributed by atoms with Gasteiger partial charge < -0.3 is 25.2 Å². The van der Waals surface area contributed by atoms with Crippen molar-refractivity contribution in [2.75, 3.05) is 0 Å². The maximum Gasteiger partial charge on any atom is 0.408 e. The molecule has 0 unspecified atom stereocenters. The molecule has 9 nitrogen and oxygen atoms in total. The molecule has 2 aromatic carbocycles. The molecule has 2 aromatic rings. The van der Waals surface area contributed by atoms with Gasteiger partial charge in [0, 0.05) is 6.42 Å². The van der Waals surface area contributed by atoms with E-state index in [1.165, 1.54) is 0 Å². The number of alkyl carbamates (subject to hydrolysis) is 1. The molecule has 0 heterocycles. The molecule has 9 heteroatoms. The van der Waals surface area contributed by atoms with Gasteiger partial charge in [-0.2, -0.15) is 0 Å². The molecular weight excluding hydrogens is 440 g/mol. The van der Waals surface area contributed by atoms with Gasteiger partial charge in [-0.15, -0.1) is 0 Å². The van der Waals surface area contributed by atoms with Gasteiger partial charge in [-0.05, 0) is 23.5 Å². The molecule has 0 aliphatic rings. The predicted octanol–water partition coefficient (Wildman–Crippen LogP) is 3.03. The van der Waals surface area contributed by atoms with Crippen molar-refractivity contribution in [3.8, 4) is 0 Å². The molecule has 0 bridgehead atoms. The summed E-state index contributed by atoms with van der Waals surface area (Å²) in [5.74, 6) is -2.76. The molecule has 2 rings (SSSR count). The average molecular weight is 471 g/mol. The number of amides is 2. The van der Waals surface area contributed by atoms with Gasteiger partial charge in [0.25, 0.3) is 0 Å². The van der Waals surface area contributed by atoms with Crippen molar-refractivity contribution in [1.82, 2.24) is 10.6 Å². The summed E-state index contributed by atoms with van der Waals surface area (Å²) >= 11 is 0. The lowest BCUT2D eigenvalue weighted by Gasteiger charge is -2.24. The van der Waals surface area contributed by atoms with Gasteiger partial charge in [-0.3, -0.25) is 9.59 Å². The van der Waals surface area contributed by atoms with E-state index in [0.717, 1.165) is 11.1 Å². The summed E-state index contributed by atoms with van der Waals surface area (Å²) in [5, 5.41) is 14.0. The Morgan fingerprint density at radius 1 is 0.824 bits per heavy atom. The van der Waals surface area contributed by atoms with Crippen molar-refractivity contribution in [1.29, 1.82) is 0 Å². The maximum atomic E-state index is 12.9. The lowest BCUT2D eigenvalue weighted by molar-refractivity contribution is -0.150. The zero-order chi connectivity index (χ0) is 24.9. The Hall–Kier alpha value is -3.88. The van der Waals surface area contributed by atoms with Crippen LogP contribution in [0.25, 0.3) is 0 Å². The van der Waals surface area contributed by atoms with Crippen molar-refractivity contribution >= 4 is 23.9 Å². The Bertz CT molecular complexity index is 948. The van der Waals surface area contributed by atoms with Crippen molar-refractivity contribution < 1.29 is 33.8 Å². The highest BCUT2D eigenvalue weighted by Crippen LogP contribution is 2.09. The topological polar surface area (TPSA) is 131 Å². The van der Waals surface area contributed by atoms with E-state index in [2.05, 4.69) is 10.6 Å². The summed E-state index contributed by atoms with van der Waals surface area (Å²) in [6.45, 7) is 3.51. The summed E-state index contributed by atoms with van der Waals surface area (Å²) in [7, 11) is 0. The van der Waals surface area contributed by atoms with E-state index in [1.54, 1.807) is 38.1 Å². The quantitative estimate of drug-likeness (QED) is 0.406. The molecule has 3 N–H and O–H groups in total. The number of carbonyl (C=O) groups excluding carboxylic acids is 3. The van der Waals surface area contributed by atoms with E-state index in [4.69, 9.17) is 14.6 Å². The molecule has 182 valence electrons. The number of aliphatic carboxylic acids is 1. The van der Waals surface area contributed by atoms with Gasteiger partial charge in [0.1, 0.15) is 25.3 Å². The summed E-state index contributed by atoms with van der Waals surface area (Å²) in [6.07, 6.45) is -1.41. The van der Waals surface area contributed by atoms with Crippen LogP contribution in [0, 0.1) is 5.92 Å². The van der Waals surface area contributed by atoms with Crippen molar-refractivity contribution in [3.63, 3.8) is 0 Å². The smallest absolute Gasteiger partial charge is 0.408 e. The number of carboxylic acid groups (broad SMARTS) is 1. The van der Waals surface area contributed by atoms with E-state index in [-0.39, 0.29) is 32.0 Å².